The van der Waals surface area contributed by atoms with Gasteiger partial charge in [0.05, 0.1) is 0 Å². The van der Waals surface area contributed by atoms with Crippen LogP contribution in [0.25, 0.3) is 0 Å². The maximum absolute atomic E-state index is 10.8. The Balaban J connectivity index is 2.20. The van der Waals surface area contributed by atoms with Crippen LogP contribution in [-0.4, -0.2) is 11.5 Å². The summed E-state index contributed by atoms with van der Waals surface area (Å²) < 4.78 is 0. The molecule has 0 aliphatic carbocycles. The van der Waals surface area contributed by atoms with Gasteiger partial charge >= 0.3 is 0 Å². The molecule has 1 aromatic heterocycles. The van der Waals surface area contributed by atoms with Gasteiger partial charge in [-0.1, -0.05) is 24.3 Å². The minimum atomic E-state index is -0.282. The zero-order chi connectivity index (χ0) is 13.0. The third-order valence-electron chi connectivity index (χ3n) is 2.69. The Hall–Kier alpha value is -1.88. The molecule has 2 aromatic rings. The third kappa shape index (κ3) is 3.07. The summed E-state index contributed by atoms with van der Waals surface area (Å²) >= 11 is 1.53. The summed E-state index contributed by atoms with van der Waals surface area (Å²) in [5.41, 5.74) is 2.03. The lowest BCUT2D eigenvalue weighted by Crippen LogP contribution is -2.19. The average molecular weight is 262 g/mol. The first-order valence-corrected chi connectivity index (χ1v) is 6.52. The molecule has 0 spiro atoms. The molecule has 0 aliphatic rings. The minimum Gasteiger partial charge on any atom is -0.372 e. The molecular formula is C13H14N2O2S. The Bertz CT molecular complexity index is 526. The Morgan fingerprint density at radius 3 is 2.72 bits per heavy atom. The number of hydrogen-bond acceptors (Lipinski definition) is 4. The van der Waals surface area contributed by atoms with E-state index in [1.165, 1.54) is 11.3 Å². The molecule has 0 bridgehead atoms. The Kier molecular flexibility index (Phi) is 3.94. The van der Waals surface area contributed by atoms with Crippen LogP contribution < -0.4 is 5.32 Å². The minimum absolute atomic E-state index is 0.116. The van der Waals surface area contributed by atoms with E-state index in [1.54, 1.807) is 0 Å². The molecule has 4 nitrogen and oxygen atoms in total. The van der Waals surface area contributed by atoms with Gasteiger partial charge in [-0.05, 0) is 30.0 Å². The van der Waals surface area contributed by atoms with Crippen molar-refractivity contribution in [1.29, 1.82) is 0 Å². The molecule has 18 heavy (non-hydrogen) atoms. The summed E-state index contributed by atoms with van der Waals surface area (Å²) in [4.78, 5) is 11.4. The van der Waals surface area contributed by atoms with Crippen LogP contribution in [0.4, 0.5) is 5.69 Å². The molecule has 1 unspecified atom stereocenters. The molecule has 0 saturated heterocycles. The normalized spacial score (nSPS) is 12.1. The van der Waals surface area contributed by atoms with Crippen LogP contribution in [0.15, 0.2) is 41.8 Å². The number of benzene rings is 1. The molecule has 0 fully saturated rings. The topological polar surface area (TPSA) is 55.2 Å². The van der Waals surface area contributed by atoms with Crippen molar-refractivity contribution in [3.05, 3.63) is 62.3 Å². The largest absolute Gasteiger partial charge is 0.372 e. The Labute approximate surface area is 109 Å². The second-order valence-electron chi connectivity index (χ2n) is 4.04. The third-order valence-corrected chi connectivity index (χ3v) is 3.68. The van der Waals surface area contributed by atoms with Gasteiger partial charge in [-0.3, -0.25) is 10.1 Å². The van der Waals surface area contributed by atoms with Crippen LogP contribution >= 0.6 is 11.3 Å². The lowest BCUT2D eigenvalue weighted by molar-refractivity contribution is -0.482. The highest BCUT2D eigenvalue weighted by atomic mass is 32.1. The number of nitrogens with one attached hydrogen (secondary N) is 1. The van der Waals surface area contributed by atoms with E-state index in [0.717, 1.165) is 16.1 Å². The molecule has 94 valence electrons. The standard InChI is InChI=1S/C13H14N2O2S/c1-10-5-2-3-6-11(10)14-12(9-15(16)17)13-7-4-8-18-13/h2-8,12,14H,9H2,1H3. The fraction of sp³-hybridized carbons (Fsp3) is 0.231. The predicted molar refractivity (Wildman–Crippen MR) is 73.7 cm³/mol. The quantitative estimate of drug-likeness (QED) is 0.663. The second kappa shape index (κ2) is 5.64. The number of nitro groups is 1. The number of nitrogens with zero attached hydrogens (tertiary/aromatic N) is 1. The number of thiophene rings is 1. The number of rotatable bonds is 5. The van der Waals surface area contributed by atoms with Gasteiger partial charge in [0.15, 0.2) is 0 Å². The van der Waals surface area contributed by atoms with Crippen molar-refractivity contribution in [2.45, 2.75) is 13.0 Å². The zero-order valence-corrected chi connectivity index (χ0v) is 10.8. The lowest BCUT2D eigenvalue weighted by Gasteiger charge is -2.16. The smallest absolute Gasteiger partial charge is 0.228 e. The summed E-state index contributed by atoms with van der Waals surface area (Å²) in [7, 11) is 0. The van der Waals surface area contributed by atoms with Gasteiger partial charge in [0.1, 0.15) is 6.04 Å². The maximum Gasteiger partial charge on any atom is 0.228 e. The van der Waals surface area contributed by atoms with Gasteiger partial charge in [0.2, 0.25) is 6.54 Å². The molecule has 0 amide bonds. The first-order chi connectivity index (χ1) is 8.66. The Morgan fingerprint density at radius 1 is 1.33 bits per heavy atom. The molecule has 1 atom stereocenters. The molecule has 2 rings (SSSR count). The number of aryl methyl sites for hydroxylation is 1. The van der Waals surface area contributed by atoms with Crippen molar-refractivity contribution in [1.82, 2.24) is 0 Å². The van der Waals surface area contributed by atoms with Crippen LogP contribution in [0.2, 0.25) is 0 Å². The van der Waals surface area contributed by atoms with Crippen molar-refractivity contribution in [3.8, 4) is 0 Å². The summed E-state index contributed by atoms with van der Waals surface area (Å²) in [5, 5.41) is 15.9. The van der Waals surface area contributed by atoms with Gasteiger partial charge in [0.25, 0.3) is 0 Å². The predicted octanol–water partition coefficient (Wildman–Crippen LogP) is 3.49. The Morgan fingerprint density at radius 2 is 2.11 bits per heavy atom. The molecule has 1 N–H and O–H groups in total. The van der Waals surface area contributed by atoms with Gasteiger partial charge in [-0.15, -0.1) is 11.3 Å². The van der Waals surface area contributed by atoms with Crippen molar-refractivity contribution in [3.63, 3.8) is 0 Å². The van der Waals surface area contributed by atoms with E-state index < -0.39 is 0 Å². The van der Waals surface area contributed by atoms with Crippen molar-refractivity contribution in [2.75, 3.05) is 11.9 Å². The second-order valence-corrected chi connectivity index (χ2v) is 5.02. The SMILES string of the molecule is Cc1ccccc1NC(C[N+](=O)[O-])c1cccs1. The van der Waals surface area contributed by atoms with Crippen molar-refractivity contribution in [2.24, 2.45) is 0 Å². The van der Waals surface area contributed by atoms with Gasteiger partial charge in [0, 0.05) is 15.5 Å². The van der Waals surface area contributed by atoms with E-state index in [1.807, 2.05) is 48.7 Å². The van der Waals surface area contributed by atoms with Gasteiger partial charge in [-0.2, -0.15) is 0 Å². The molecule has 0 saturated carbocycles. The van der Waals surface area contributed by atoms with E-state index in [0.29, 0.717) is 0 Å². The summed E-state index contributed by atoms with van der Waals surface area (Å²) in [6.45, 7) is 1.87. The highest BCUT2D eigenvalue weighted by molar-refractivity contribution is 7.10. The first-order valence-electron chi connectivity index (χ1n) is 5.64. The van der Waals surface area contributed by atoms with Gasteiger partial charge < -0.3 is 5.32 Å². The van der Waals surface area contributed by atoms with E-state index in [4.69, 9.17) is 0 Å². The molecular weight excluding hydrogens is 248 g/mol. The fourth-order valence-corrected chi connectivity index (χ4v) is 2.54. The summed E-state index contributed by atoms with van der Waals surface area (Å²) in [6.07, 6.45) is 0. The summed E-state index contributed by atoms with van der Waals surface area (Å²) in [5.74, 6) is 0. The molecule has 1 aromatic carbocycles. The molecule has 0 radical (unpaired) electrons. The fourth-order valence-electron chi connectivity index (χ4n) is 1.77. The van der Waals surface area contributed by atoms with E-state index >= 15 is 0 Å². The summed E-state index contributed by atoms with van der Waals surface area (Å²) in [6, 6.07) is 11.4. The number of anilines is 1. The van der Waals surface area contributed by atoms with Crippen LogP contribution in [0.1, 0.15) is 16.5 Å². The monoisotopic (exact) mass is 262 g/mol. The van der Waals surface area contributed by atoms with Crippen molar-refractivity contribution < 1.29 is 4.92 Å². The first kappa shape index (κ1) is 12.6. The highest BCUT2D eigenvalue weighted by Gasteiger charge is 2.19. The van der Waals surface area contributed by atoms with E-state index in [2.05, 4.69) is 5.32 Å². The van der Waals surface area contributed by atoms with Crippen molar-refractivity contribution >= 4 is 17.0 Å². The molecule has 1 heterocycles. The van der Waals surface area contributed by atoms with Crippen LogP contribution in [0.3, 0.4) is 0 Å². The number of para-hydroxylation sites is 1. The average Bonchev–Trinajstić information content (AvgIpc) is 2.84. The molecule has 5 heteroatoms. The number of hydrogen-bond donors (Lipinski definition) is 1. The van der Waals surface area contributed by atoms with E-state index in [-0.39, 0.29) is 17.5 Å². The molecule has 0 aliphatic heterocycles. The zero-order valence-electron chi connectivity index (χ0n) is 10.00. The van der Waals surface area contributed by atoms with Gasteiger partial charge in [-0.25, -0.2) is 0 Å². The highest BCUT2D eigenvalue weighted by Crippen LogP contribution is 2.25. The van der Waals surface area contributed by atoms with Crippen LogP contribution in [0, 0.1) is 17.0 Å². The lowest BCUT2D eigenvalue weighted by atomic mass is 10.1. The van der Waals surface area contributed by atoms with Crippen LogP contribution in [0.5, 0.6) is 0 Å². The van der Waals surface area contributed by atoms with E-state index in [9.17, 15) is 10.1 Å². The maximum atomic E-state index is 10.8. The van der Waals surface area contributed by atoms with Crippen LogP contribution in [-0.2, 0) is 0 Å².